The van der Waals surface area contributed by atoms with Gasteiger partial charge in [0.25, 0.3) is 0 Å². The van der Waals surface area contributed by atoms with Gasteiger partial charge >= 0.3 is 5.97 Å². The fourth-order valence-corrected chi connectivity index (χ4v) is 1.87. The van der Waals surface area contributed by atoms with Gasteiger partial charge < -0.3 is 16.2 Å². The van der Waals surface area contributed by atoms with E-state index in [1.807, 2.05) is 0 Å². The van der Waals surface area contributed by atoms with Gasteiger partial charge in [0.15, 0.2) is 0 Å². The molecule has 0 aromatic heterocycles. The second kappa shape index (κ2) is 13.3. The van der Waals surface area contributed by atoms with E-state index in [9.17, 15) is 9.59 Å². The summed E-state index contributed by atoms with van der Waals surface area (Å²) in [6.45, 7) is 1.49. The van der Waals surface area contributed by atoms with Crippen molar-refractivity contribution in [3.8, 4) is 0 Å². The van der Waals surface area contributed by atoms with Crippen LogP contribution in [0.3, 0.4) is 0 Å². The summed E-state index contributed by atoms with van der Waals surface area (Å²) in [4.78, 5) is 21.6. The summed E-state index contributed by atoms with van der Waals surface area (Å²) in [6.07, 6.45) is 8.97. The molecule has 0 radical (unpaired) electrons. The first-order chi connectivity index (χ1) is 9.16. The molecule has 19 heavy (non-hydrogen) atoms. The summed E-state index contributed by atoms with van der Waals surface area (Å²) in [7, 11) is 0. The van der Waals surface area contributed by atoms with Gasteiger partial charge in [0.2, 0.25) is 5.91 Å². The van der Waals surface area contributed by atoms with Crippen molar-refractivity contribution in [3.05, 3.63) is 0 Å². The average molecular weight is 272 g/mol. The summed E-state index contributed by atoms with van der Waals surface area (Å²) in [5.74, 6) is -0.883. The van der Waals surface area contributed by atoms with Crippen LogP contribution in [0.2, 0.25) is 0 Å². The lowest BCUT2D eigenvalue weighted by molar-refractivity contribution is -0.137. The molecule has 0 aromatic carbocycles. The van der Waals surface area contributed by atoms with Crippen molar-refractivity contribution in [3.63, 3.8) is 0 Å². The molecular formula is C14H28N2O3. The van der Waals surface area contributed by atoms with Crippen LogP contribution in [0.25, 0.3) is 0 Å². The highest BCUT2D eigenvalue weighted by Crippen LogP contribution is 2.06. The van der Waals surface area contributed by atoms with Crippen LogP contribution in [0.5, 0.6) is 0 Å². The van der Waals surface area contributed by atoms with Crippen molar-refractivity contribution in [2.45, 2.75) is 64.2 Å². The summed E-state index contributed by atoms with van der Waals surface area (Å²) < 4.78 is 0. The monoisotopic (exact) mass is 272 g/mol. The summed E-state index contributed by atoms with van der Waals surface area (Å²) >= 11 is 0. The van der Waals surface area contributed by atoms with Crippen LogP contribution < -0.4 is 11.1 Å². The average Bonchev–Trinajstić information content (AvgIpc) is 2.36. The number of rotatable bonds is 13. The molecule has 0 aliphatic rings. The lowest BCUT2D eigenvalue weighted by Crippen LogP contribution is -2.24. The first kappa shape index (κ1) is 17.9. The minimum Gasteiger partial charge on any atom is -0.481 e. The molecule has 5 nitrogen and oxygen atoms in total. The van der Waals surface area contributed by atoms with Crippen LogP contribution in [0.1, 0.15) is 64.2 Å². The molecule has 112 valence electrons. The van der Waals surface area contributed by atoms with Crippen molar-refractivity contribution in [1.82, 2.24) is 5.32 Å². The van der Waals surface area contributed by atoms with Crippen molar-refractivity contribution in [1.29, 1.82) is 0 Å². The van der Waals surface area contributed by atoms with Crippen LogP contribution in [0, 0.1) is 0 Å². The second-order valence-electron chi connectivity index (χ2n) is 4.86. The number of carboxylic acids is 1. The number of hydrogen-bond acceptors (Lipinski definition) is 3. The number of hydrogen-bond donors (Lipinski definition) is 3. The number of carbonyl (C=O) groups is 2. The fourth-order valence-electron chi connectivity index (χ4n) is 1.87. The molecule has 1 amide bonds. The third-order valence-corrected chi connectivity index (χ3v) is 3.00. The predicted octanol–water partition coefficient (Wildman–Crippen LogP) is 2.05. The molecule has 0 bridgehead atoms. The maximum absolute atomic E-state index is 11.3. The molecule has 0 aliphatic heterocycles. The third-order valence-electron chi connectivity index (χ3n) is 3.00. The number of carbonyl (C=O) groups excluding carboxylic acids is 1. The van der Waals surface area contributed by atoms with Gasteiger partial charge in [-0.05, 0) is 25.8 Å². The van der Waals surface area contributed by atoms with E-state index in [0.29, 0.717) is 19.4 Å². The molecule has 0 rings (SSSR count). The highest BCUT2D eigenvalue weighted by atomic mass is 16.4. The van der Waals surface area contributed by atoms with Gasteiger partial charge in [0.05, 0.1) is 0 Å². The Hall–Kier alpha value is -1.10. The minimum absolute atomic E-state index is 0.0378. The number of aliphatic carboxylic acids is 1. The zero-order chi connectivity index (χ0) is 14.3. The number of unbranched alkanes of at least 4 members (excludes halogenated alkanes) is 6. The SMILES string of the molecule is NCCCCCCCCCNC(=O)CCCC(=O)O. The molecule has 0 atom stereocenters. The number of amides is 1. The molecule has 0 aromatic rings. The topological polar surface area (TPSA) is 92.4 Å². The molecule has 0 unspecified atom stereocenters. The standard InChI is InChI=1S/C14H28N2O3/c15-11-6-4-2-1-3-5-7-12-16-13(17)9-8-10-14(18)19/h1-12,15H2,(H,16,17)(H,18,19). The Labute approximate surface area is 115 Å². The number of carboxylic acid groups (broad SMARTS) is 1. The summed E-state index contributed by atoms with van der Waals surface area (Å²) in [5, 5.41) is 11.3. The quantitative estimate of drug-likeness (QED) is 0.447. The van der Waals surface area contributed by atoms with E-state index in [2.05, 4.69) is 5.32 Å². The zero-order valence-electron chi connectivity index (χ0n) is 11.8. The molecule has 0 saturated carbocycles. The molecule has 0 spiro atoms. The molecule has 0 saturated heterocycles. The summed E-state index contributed by atoms with van der Waals surface area (Å²) in [6, 6.07) is 0. The third kappa shape index (κ3) is 14.8. The first-order valence-electron chi connectivity index (χ1n) is 7.35. The second-order valence-corrected chi connectivity index (χ2v) is 4.86. The van der Waals surface area contributed by atoms with E-state index in [1.165, 1.54) is 25.7 Å². The normalized spacial score (nSPS) is 10.4. The van der Waals surface area contributed by atoms with Gasteiger partial charge in [-0.25, -0.2) is 0 Å². The van der Waals surface area contributed by atoms with Crippen molar-refractivity contribution in [2.24, 2.45) is 5.73 Å². The smallest absolute Gasteiger partial charge is 0.303 e. The largest absolute Gasteiger partial charge is 0.481 e. The predicted molar refractivity (Wildman–Crippen MR) is 75.9 cm³/mol. The molecule has 5 heteroatoms. The van der Waals surface area contributed by atoms with Gasteiger partial charge in [-0.1, -0.05) is 32.1 Å². The summed E-state index contributed by atoms with van der Waals surface area (Å²) in [5.41, 5.74) is 5.42. The van der Waals surface area contributed by atoms with Crippen LogP contribution in [0.4, 0.5) is 0 Å². The lowest BCUT2D eigenvalue weighted by Gasteiger charge is -2.04. The van der Waals surface area contributed by atoms with E-state index in [4.69, 9.17) is 10.8 Å². The van der Waals surface area contributed by atoms with E-state index in [0.717, 1.165) is 25.8 Å². The Balaban J connectivity index is 3.16. The Bertz CT molecular complexity index is 245. The van der Waals surface area contributed by atoms with Gasteiger partial charge in [0, 0.05) is 19.4 Å². The number of nitrogens with two attached hydrogens (primary N) is 1. The van der Waals surface area contributed by atoms with Crippen LogP contribution in [0.15, 0.2) is 0 Å². The molecule has 0 aliphatic carbocycles. The Morgan fingerprint density at radius 3 is 2.00 bits per heavy atom. The highest BCUT2D eigenvalue weighted by molar-refractivity contribution is 5.76. The van der Waals surface area contributed by atoms with Gasteiger partial charge in [0.1, 0.15) is 0 Å². The molecule has 0 heterocycles. The molecule has 4 N–H and O–H groups in total. The van der Waals surface area contributed by atoms with E-state index in [1.54, 1.807) is 0 Å². The van der Waals surface area contributed by atoms with E-state index < -0.39 is 5.97 Å². The van der Waals surface area contributed by atoms with Crippen LogP contribution in [-0.2, 0) is 9.59 Å². The molecular weight excluding hydrogens is 244 g/mol. The van der Waals surface area contributed by atoms with Crippen LogP contribution >= 0.6 is 0 Å². The van der Waals surface area contributed by atoms with E-state index in [-0.39, 0.29) is 12.3 Å². The fraction of sp³-hybridized carbons (Fsp3) is 0.857. The Morgan fingerprint density at radius 1 is 0.842 bits per heavy atom. The van der Waals surface area contributed by atoms with Crippen LogP contribution in [-0.4, -0.2) is 30.1 Å². The zero-order valence-corrected chi connectivity index (χ0v) is 11.8. The van der Waals surface area contributed by atoms with Gasteiger partial charge in [-0.15, -0.1) is 0 Å². The maximum atomic E-state index is 11.3. The van der Waals surface area contributed by atoms with Gasteiger partial charge in [-0.3, -0.25) is 9.59 Å². The highest BCUT2D eigenvalue weighted by Gasteiger charge is 2.02. The molecule has 0 fully saturated rings. The number of nitrogens with one attached hydrogen (secondary N) is 1. The maximum Gasteiger partial charge on any atom is 0.303 e. The first-order valence-corrected chi connectivity index (χ1v) is 7.35. The minimum atomic E-state index is -0.845. The Kier molecular flexibility index (Phi) is 12.6. The van der Waals surface area contributed by atoms with Crippen molar-refractivity contribution < 1.29 is 14.7 Å². The van der Waals surface area contributed by atoms with Crippen molar-refractivity contribution >= 4 is 11.9 Å². The Morgan fingerprint density at radius 2 is 1.42 bits per heavy atom. The van der Waals surface area contributed by atoms with E-state index >= 15 is 0 Å². The van der Waals surface area contributed by atoms with Gasteiger partial charge in [-0.2, -0.15) is 0 Å². The lowest BCUT2D eigenvalue weighted by atomic mass is 10.1. The van der Waals surface area contributed by atoms with Crippen molar-refractivity contribution in [2.75, 3.05) is 13.1 Å².